The molecule has 0 bridgehead atoms. The number of rotatable bonds is 2. The van der Waals surface area contributed by atoms with Crippen molar-refractivity contribution in [2.24, 2.45) is 0 Å². The molecule has 2 aliphatic rings. The van der Waals surface area contributed by atoms with Gasteiger partial charge in [-0.1, -0.05) is 60.7 Å². The van der Waals surface area contributed by atoms with E-state index in [0.717, 1.165) is 0 Å². The first-order valence-corrected chi connectivity index (χ1v) is 7.79. The smallest absolute Gasteiger partial charge is 0.00386 e. The van der Waals surface area contributed by atoms with Gasteiger partial charge in [0.25, 0.3) is 0 Å². The summed E-state index contributed by atoms with van der Waals surface area (Å²) >= 11 is 0. The maximum Gasteiger partial charge on any atom is 0.00386 e. The van der Waals surface area contributed by atoms with Gasteiger partial charge in [0.1, 0.15) is 0 Å². The van der Waals surface area contributed by atoms with Crippen molar-refractivity contribution >= 4 is 12.2 Å². The summed E-state index contributed by atoms with van der Waals surface area (Å²) in [5, 5.41) is 0. The molecular formula is C21H20. The Morgan fingerprint density at radius 1 is 0.714 bits per heavy atom. The summed E-state index contributed by atoms with van der Waals surface area (Å²) in [5.74, 6) is 1.11. The Labute approximate surface area is 126 Å². The molecule has 0 nitrogen and oxygen atoms in total. The Hall–Kier alpha value is -2.08. The highest BCUT2D eigenvalue weighted by Gasteiger charge is 2.26. The molecule has 0 amide bonds. The molecule has 0 saturated heterocycles. The molecule has 2 aromatic carbocycles. The van der Waals surface area contributed by atoms with Crippen molar-refractivity contribution in [2.45, 2.75) is 32.1 Å². The van der Waals surface area contributed by atoms with Crippen LogP contribution in [-0.2, 0) is 0 Å². The monoisotopic (exact) mass is 272 g/mol. The van der Waals surface area contributed by atoms with Crippen LogP contribution in [0.15, 0.2) is 48.6 Å². The first-order valence-electron chi connectivity index (χ1n) is 7.79. The molecule has 2 aliphatic carbocycles. The molecule has 2 unspecified atom stereocenters. The van der Waals surface area contributed by atoms with Crippen molar-refractivity contribution in [3.63, 3.8) is 0 Å². The zero-order valence-corrected chi connectivity index (χ0v) is 12.6. The second-order valence-corrected chi connectivity index (χ2v) is 6.32. The summed E-state index contributed by atoms with van der Waals surface area (Å²) < 4.78 is 0. The summed E-state index contributed by atoms with van der Waals surface area (Å²) in [5.41, 5.74) is 8.74. The third-order valence-electron chi connectivity index (χ3n) is 4.98. The van der Waals surface area contributed by atoms with E-state index in [1.54, 1.807) is 0 Å². The van der Waals surface area contributed by atoms with Crippen LogP contribution in [0.3, 0.4) is 0 Å². The van der Waals surface area contributed by atoms with Crippen molar-refractivity contribution in [1.82, 2.24) is 0 Å². The van der Waals surface area contributed by atoms with Crippen LogP contribution in [0, 0.1) is 13.8 Å². The highest BCUT2D eigenvalue weighted by Crippen LogP contribution is 2.43. The molecule has 0 aliphatic heterocycles. The van der Waals surface area contributed by atoms with E-state index in [1.807, 2.05) is 0 Å². The van der Waals surface area contributed by atoms with Crippen LogP contribution in [0.25, 0.3) is 12.2 Å². The lowest BCUT2D eigenvalue weighted by molar-refractivity contribution is 0.681. The third-order valence-corrected chi connectivity index (χ3v) is 4.98. The first kappa shape index (κ1) is 12.6. The van der Waals surface area contributed by atoms with Crippen LogP contribution in [0.4, 0.5) is 0 Å². The quantitative estimate of drug-likeness (QED) is 0.666. The maximum absolute atomic E-state index is 2.39. The van der Waals surface area contributed by atoms with Crippen LogP contribution in [0.2, 0.25) is 0 Å². The van der Waals surface area contributed by atoms with E-state index in [4.69, 9.17) is 0 Å². The van der Waals surface area contributed by atoms with Gasteiger partial charge >= 0.3 is 0 Å². The molecule has 4 rings (SSSR count). The lowest BCUT2D eigenvalue weighted by Crippen LogP contribution is -2.04. The fourth-order valence-corrected chi connectivity index (χ4v) is 4.01. The number of hydrogen-bond donors (Lipinski definition) is 0. The van der Waals surface area contributed by atoms with Gasteiger partial charge in [-0.2, -0.15) is 0 Å². The number of allylic oxidation sites excluding steroid dienone is 2. The number of fused-ring (bicyclic) bond motifs is 2. The number of aryl methyl sites for hydroxylation is 2. The molecule has 0 spiro atoms. The Morgan fingerprint density at radius 2 is 1.19 bits per heavy atom. The Morgan fingerprint density at radius 3 is 1.67 bits per heavy atom. The van der Waals surface area contributed by atoms with Gasteiger partial charge < -0.3 is 0 Å². The van der Waals surface area contributed by atoms with Gasteiger partial charge in [0.05, 0.1) is 0 Å². The van der Waals surface area contributed by atoms with E-state index < -0.39 is 0 Å². The molecule has 0 heterocycles. The van der Waals surface area contributed by atoms with Crippen LogP contribution in [0.1, 0.15) is 51.6 Å². The lowest BCUT2D eigenvalue weighted by Gasteiger charge is -2.19. The van der Waals surface area contributed by atoms with Crippen LogP contribution in [0.5, 0.6) is 0 Å². The minimum atomic E-state index is 0.557. The SMILES string of the molecule is Cc1cccc2c1C(CC1C=Cc3cccc(C)c31)C=C2. The standard InChI is InChI=1S/C21H20/c1-14-5-3-7-16-9-11-18(20(14)16)13-19-12-10-17-8-4-6-15(2)21(17)19/h3-12,18-19H,13H2,1-2H3. The normalized spacial score (nSPS) is 21.6. The second-order valence-electron chi connectivity index (χ2n) is 6.32. The molecule has 0 saturated carbocycles. The molecule has 104 valence electrons. The van der Waals surface area contributed by atoms with Crippen molar-refractivity contribution < 1.29 is 0 Å². The number of benzene rings is 2. The lowest BCUT2D eigenvalue weighted by atomic mass is 9.84. The van der Waals surface area contributed by atoms with Gasteiger partial charge in [-0.05, 0) is 53.6 Å². The zero-order valence-electron chi connectivity index (χ0n) is 12.6. The van der Waals surface area contributed by atoms with Gasteiger partial charge in [0.15, 0.2) is 0 Å². The van der Waals surface area contributed by atoms with Crippen molar-refractivity contribution in [3.05, 3.63) is 81.9 Å². The Kier molecular flexibility index (Phi) is 2.85. The van der Waals surface area contributed by atoms with E-state index >= 15 is 0 Å². The molecule has 0 aromatic heterocycles. The topological polar surface area (TPSA) is 0 Å². The van der Waals surface area contributed by atoms with Gasteiger partial charge in [0.2, 0.25) is 0 Å². The van der Waals surface area contributed by atoms with Crippen molar-refractivity contribution in [2.75, 3.05) is 0 Å². The molecule has 0 radical (unpaired) electrons. The van der Waals surface area contributed by atoms with Crippen LogP contribution < -0.4 is 0 Å². The fraction of sp³-hybridized carbons (Fsp3) is 0.238. The van der Waals surface area contributed by atoms with Crippen molar-refractivity contribution in [3.8, 4) is 0 Å². The van der Waals surface area contributed by atoms with Gasteiger partial charge in [-0.15, -0.1) is 0 Å². The van der Waals surface area contributed by atoms with Crippen LogP contribution in [-0.4, -0.2) is 0 Å². The molecule has 21 heavy (non-hydrogen) atoms. The van der Waals surface area contributed by atoms with E-state index in [-0.39, 0.29) is 0 Å². The highest BCUT2D eigenvalue weighted by molar-refractivity contribution is 5.67. The molecule has 2 atom stereocenters. The maximum atomic E-state index is 2.39. The highest BCUT2D eigenvalue weighted by atomic mass is 14.3. The minimum Gasteiger partial charge on any atom is -0.0763 e. The summed E-state index contributed by atoms with van der Waals surface area (Å²) in [4.78, 5) is 0. The number of hydrogen-bond acceptors (Lipinski definition) is 0. The van der Waals surface area contributed by atoms with Gasteiger partial charge in [-0.25, -0.2) is 0 Å². The predicted octanol–water partition coefficient (Wildman–Crippen LogP) is 5.61. The van der Waals surface area contributed by atoms with E-state index in [9.17, 15) is 0 Å². The molecule has 0 N–H and O–H groups in total. The van der Waals surface area contributed by atoms with E-state index in [0.29, 0.717) is 11.8 Å². The second kappa shape index (κ2) is 4.73. The summed E-state index contributed by atoms with van der Waals surface area (Å²) in [6.45, 7) is 4.48. The Bertz CT molecular complexity index is 696. The minimum absolute atomic E-state index is 0.557. The van der Waals surface area contributed by atoms with Gasteiger partial charge in [-0.3, -0.25) is 0 Å². The average molecular weight is 272 g/mol. The van der Waals surface area contributed by atoms with E-state index in [1.165, 1.54) is 39.8 Å². The molecular weight excluding hydrogens is 252 g/mol. The zero-order chi connectivity index (χ0) is 14.4. The van der Waals surface area contributed by atoms with Crippen LogP contribution >= 0.6 is 0 Å². The summed E-state index contributed by atoms with van der Waals surface area (Å²) in [7, 11) is 0. The molecule has 2 aromatic rings. The largest absolute Gasteiger partial charge is 0.0763 e. The third kappa shape index (κ3) is 1.98. The predicted molar refractivity (Wildman–Crippen MR) is 90.5 cm³/mol. The molecule has 0 heteroatoms. The summed E-state index contributed by atoms with van der Waals surface area (Å²) in [6.07, 6.45) is 10.6. The van der Waals surface area contributed by atoms with E-state index in [2.05, 4.69) is 74.5 Å². The first-order chi connectivity index (χ1) is 10.2. The fourth-order valence-electron chi connectivity index (χ4n) is 4.01. The Balaban J connectivity index is 1.67. The van der Waals surface area contributed by atoms with Crippen molar-refractivity contribution in [1.29, 1.82) is 0 Å². The average Bonchev–Trinajstić information content (AvgIpc) is 3.06. The molecule has 0 fully saturated rings. The van der Waals surface area contributed by atoms with Gasteiger partial charge in [0, 0.05) is 11.8 Å². The summed E-state index contributed by atoms with van der Waals surface area (Å²) in [6, 6.07) is 13.3.